The third-order valence-corrected chi connectivity index (χ3v) is 6.73. The number of nitrogens with zero attached hydrogens (tertiary/aromatic N) is 2. The summed E-state index contributed by atoms with van der Waals surface area (Å²) in [4.78, 5) is 16.1. The Morgan fingerprint density at radius 1 is 1.00 bits per heavy atom. The molecule has 39 heavy (non-hydrogen) atoms. The molecular formula is C31H30Cl2N2O4. The molecule has 6 nitrogen and oxygen atoms in total. The minimum Gasteiger partial charge on any atom is -0.496 e. The molecule has 4 aromatic rings. The van der Waals surface area contributed by atoms with Crippen molar-refractivity contribution in [2.45, 2.75) is 26.3 Å². The molecule has 0 atom stereocenters. The summed E-state index contributed by atoms with van der Waals surface area (Å²) in [7, 11) is 3.04. The number of halogens is 2. The van der Waals surface area contributed by atoms with E-state index >= 15 is 0 Å². The number of imidazole rings is 1. The lowest BCUT2D eigenvalue weighted by atomic mass is 10.0. The first-order valence-electron chi connectivity index (χ1n) is 12.6. The molecule has 0 radical (unpaired) electrons. The number of carbonyl (C=O) groups excluding carboxylic acids is 1. The van der Waals surface area contributed by atoms with Crippen LogP contribution in [0.15, 0.2) is 66.9 Å². The van der Waals surface area contributed by atoms with Crippen LogP contribution >= 0.6 is 23.2 Å². The highest BCUT2D eigenvalue weighted by molar-refractivity contribution is 6.36. The zero-order valence-electron chi connectivity index (χ0n) is 22.1. The molecule has 0 spiro atoms. The second-order valence-electron chi connectivity index (χ2n) is 8.74. The fraction of sp³-hybridized carbons (Fsp3) is 0.226. The summed E-state index contributed by atoms with van der Waals surface area (Å²) in [6.45, 7) is 3.25. The largest absolute Gasteiger partial charge is 0.496 e. The summed E-state index contributed by atoms with van der Waals surface area (Å²) in [5.74, 6) is 2.05. The Labute approximate surface area is 238 Å². The van der Waals surface area contributed by atoms with Crippen LogP contribution in [0.3, 0.4) is 0 Å². The SMILES string of the molecule is CCn1cc(-c2ccc(Cl)cc2Cl)nc1/C=C/c1cc(-c2cccc(OCCCC(=O)OC)c2)ccc1OC. The van der Waals surface area contributed by atoms with Gasteiger partial charge in [0.15, 0.2) is 0 Å². The van der Waals surface area contributed by atoms with Crippen LogP contribution in [-0.2, 0) is 16.1 Å². The maximum Gasteiger partial charge on any atom is 0.305 e. The minimum absolute atomic E-state index is 0.238. The van der Waals surface area contributed by atoms with Gasteiger partial charge in [-0.25, -0.2) is 4.98 Å². The molecule has 1 heterocycles. The van der Waals surface area contributed by atoms with E-state index in [1.807, 2.05) is 66.9 Å². The van der Waals surface area contributed by atoms with E-state index in [4.69, 9.17) is 37.7 Å². The van der Waals surface area contributed by atoms with Gasteiger partial charge in [-0.05, 0) is 79.1 Å². The number of hydrogen-bond acceptors (Lipinski definition) is 5. The van der Waals surface area contributed by atoms with E-state index < -0.39 is 0 Å². The van der Waals surface area contributed by atoms with Gasteiger partial charge < -0.3 is 18.8 Å². The van der Waals surface area contributed by atoms with Crippen LogP contribution < -0.4 is 9.47 Å². The summed E-state index contributed by atoms with van der Waals surface area (Å²) in [5.41, 5.74) is 4.55. The van der Waals surface area contributed by atoms with Crippen LogP contribution in [0.25, 0.3) is 34.5 Å². The summed E-state index contributed by atoms with van der Waals surface area (Å²) >= 11 is 12.5. The number of aromatic nitrogens is 2. The van der Waals surface area contributed by atoms with Crippen molar-refractivity contribution in [3.8, 4) is 33.9 Å². The second-order valence-corrected chi connectivity index (χ2v) is 9.58. The number of aryl methyl sites for hydroxylation is 1. The Bertz CT molecular complexity index is 1480. The molecule has 0 aliphatic carbocycles. The molecule has 8 heteroatoms. The maximum absolute atomic E-state index is 11.3. The Morgan fingerprint density at radius 3 is 2.56 bits per heavy atom. The number of ether oxygens (including phenoxy) is 3. The second kappa shape index (κ2) is 13.4. The lowest BCUT2D eigenvalue weighted by Gasteiger charge is -2.11. The van der Waals surface area contributed by atoms with Crippen LogP contribution in [0, 0.1) is 0 Å². The normalized spacial score (nSPS) is 11.1. The lowest BCUT2D eigenvalue weighted by Crippen LogP contribution is -2.04. The van der Waals surface area contributed by atoms with E-state index in [1.54, 1.807) is 13.2 Å². The van der Waals surface area contributed by atoms with Gasteiger partial charge in [0.25, 0.3) is 0 Å². The van der Waals surface area contributed by atoms with Crippen molar-refractivity contribution >= 4 is 41.3 Å². The number of hydrogen-bond donors (Lipinski definition) is 0. The Morgan fingerprint density at radius 2 is 1.82 bits per heavy atom. The van der Waals surface area contributed by atoms with E-state index in [0.717, 1.165) is 51.8 Å². The standard InChI is InChI=1S/C31H30Cl2N2O4/c1-4-35-20-28(26-13-12-24(32)19-27(26)33)34-30(35)15-11-23-17-22(10-14-29(23)37-2)21-7-5-8-25(18-21)39-16-6-9-31(36)38-3/h5,7-8,10-15,17-20H,4,6,9,16H2,1-3H3/b15-11+. The van der Waals surface area contributed by atoms with Crippen LogP contribution in [0.2, 0.25) is 10.0 Å². The predicted octanol–water partition coefficient (Wildman–Crippen LogP) is 8.05. The Hall–Kier alpha value is -3.74. The van der Waals surface area contributed by atoms with Gasteiger partial charge >= 0.3 is 5.97 Å². The average Bonchev–Trinajstić information content (AvgIpc) is 3.36. The van der Waals surface area contributed by atoms with Crippen LogP contribution in [0.1, 0.15) is 31.2 Å². The number of benzene rings is 3. The van der Waals surface area contributed by atoms with E-state index in [1.165, 1.54) is 7.11 Å². The van der Waals surface area contributed by atoms with Crippen LogP contribution in [0.5, 0.6) is 11.5 Å². The Kier molecular flexibility index (Phi) is 9.69. The zero-order chi connectivity index (χ0) is 27.8. The third-order valence-electron chi connectivity index (χ3n) is 6.19. The summed E-state index contributed by atoms with van der Waals surface area (Å²) in [6.07, 6.45) is 6.87. The van der Waals surface area contributed by atoms with Crippen molar-refractivity contribution in [2.24, 2.45) is 0 Å². The van der Waals surface area contributed by atoms with Crippen LogP contribution in [0.4, 0.5) is 0 Å². The van der Waals surface area contributed by atoms with Gasteiger partial charge in [-0.1, -0.05) is 41.4 Å². The summed E-state index contributed by atoms with van der Waals surface area (Å²) in [6, 6.07) is 19.3. The number of methoxy groups -OCH3 is 2. The van der Waals surface area contributed by atoms with E-state index in [9.17, 15) is 4.79 Å². The number of rotatable bonds is 11. The van der Waals surface area contributed by atoms with E-state index in [-0.39, 0.29) is 5.97 Å². The van der Waals surface area contributed by atoms with Crippen molar-refractivity contribution in [2.75, 3.05) is 20.8 Å². The summed E-state index contributed by atoms with van der Waals surface area (Å²) in [5, 5.41) is 1.14. The molecule has 0 saturated heterocycles. The first-order valence-corrected chi connectivity index (χ1v) is 13.4. The highest BCUT2D eigenvalue weighted by Gasteiger charge is 2.12. The third kappa shape index (κ3) is 7.22. The highest BCUT2D eigenvalue weighted by atomic mass is 35.5. The molecule has 0 N–H and O–H groups in total. The molecule has 0 amide bonds. The van der Waals surface area contributed by atoms with Gasteiger partial charge in [-0.3, -0.25) is 4.79 Å². The molecule has 0 saturated carbocycles. The quantitative estimate of drug-likeness (QED) is 0.136. The lowest BCUT2D eigenvalue weighted by molar-refractivity contribution is -0.140. The average molecular weight is 565 g/mol. The molecule has 1 aromatic heterocycles. The van der Waals surface area contributed by atoms with Gasteiger partial charge in [-0.15, -0.1) is 0 Å². The highest BCUT2D eigenvalue weighted by Crippen LogP contribution is 2.32. The van der Waals surface area contributed by atoms with Crippen molar-refractivity contribution in [3.63, 3.8) is 0 Å². The van der Waals surface area contributed by atoms with E-state index in [0.29, 0.717) is 29.5 Å². The number of esters is 1. The zero-order valence-corrected chi connectivity index (χ0v) is 23.6. The van der Waals surface area contributed by atoms with Crippen LogP contribution in [-0.4, -0.2) is 36.3 Å². The smallest absolute Gasteiger partial charge is 0.305 e. The van der Waals surface area contributed by atoms with Gasteiger partial charge in [0.1, 0.15) is 17.3 Å². The van der Waals surface area contributed by atoms with Gasteiger partial charge in [0.05, 0.1) is 31.5 Å². The van der Waals surface area contributed by atoms with Crippen molar-refractivity contribution in [1.82, 2.24) is 9.55 Å². The fourth-order valence-electron chi connectivity index (χ4n) is 4.13. The molecule has 4 rings (SSSR count). The molecule has 202 valence electrons. The molecule has 0 aliphatic rings. The maximum atomic E-state index is 11.3. The summed E-state index contributed by atoms with van der Waals surface area (Å²) < 4.78 is 18.2. The van der Waals surface area contributed by atoms with Crippen molar-refractivity contribution < 1.29 is 19.0 Å². The fourth-order valence-corrected chi connectivity index (χ4v) is 4.63. The van der Waals surface area contributed by atoms with Gasteiger partial charge in [-0.2, -0.15) is 0 Å². The molecule has 0 bridgehead atoms. The van der Waals surface area contributed by atoms with Gasteiger partial charge in [0.2, 0.25) is 0 Å². The molecule has 0 aliphatic heterocycles. The predicted molar refractivity (Wildman–Crippen MR) is 157 cm³/mol. The monoisotopic (exact) mass is 564 g/mol. The molecule has 0 fully saturated rings. The Balaban J connectivity index is 1.57. The van der Waals surface area contributed by atoms with Crippen molar-refractivity contribution in [3.05, 3.63) is 88.3 Å². The minimum atomic E-state index is -0.238. The molecule has 3 aromatic carbocycles. The number of carbonyl (C=O) groups is 1. The van der Waals surface area contributed by atoms with Gasteiger partial charge in [0, 0.05) is 35.3 Å². The first-order chi connectivity index (χ1) is 18.9. The first kappa shape index (κ1) is 28.3. The van der Waals surface area contributed by atoms with Crippen molar-refractivity contribution in [1.29, 1.82) is 0 Å². The van der Waals surface area contributed by atoms with E-state index in [2.05, 4.69) is 22.3 Å². The topological polar surface area (TPSA) is 62.6 Å². The molecular weight excluding hydrogens is 535 g/mol. The molecule has 0 unspecified atom stereocenters.